The molecule has 3 amide bonds. The SMILES string of the molecule is NC(CCC(=O)O)C(=O)N1CCCC1C(=O)NC(CO)C(=O)NC(CCC(=O)O)C(=O)O. The number of rotatable bonds is 13. The van der Waals surface area contributed by atoms with E-state index in [-0.39, 0.29) is 25.8 Å². The Morgan fingerprint density at radius 3 is 2.06 bits per heavy atom. The van der Waals surface area contributed by atoms with Gasteiger partial charge in [0.1, 0.15) is 18.1 Å². The Balaban J connectivity index is 2.76. The molecular formula is C18H28N4O10. The second-order valence-electron chi connectivity index (χ2n) is 7.30. The first-order chi connectivity index (χ1) is 15.0. The number of carbonyl (C=O) groups is 6. The van der Waals surface area contributed by atoms with Crippen molar-refractivity contribution >= 4 is 35.6 Å². The quantitative estimate of drug-likeness (QED) is 0.147. The highest BCUT2D eigenvalue weighted by atomic mass is 16.4. The minimum Gasteiger partial charge on any atom is -0.481 e. The summed E-state index contributed by atoms with van der Waals surface area (Å²) >= 11 is 0. The summed E-state index contributed by atoms with van der Waals surface area (Å²) < 4.78 is 0. The maximum atomic E-state index is 12.6. The number of carboxylic acids is 3. The summed E-state index contributed by atoms with van der Waals surface area (Å²) in [4.78, 5) is 71.1. The summed E-state index contributed by atoms with van der Waals surface area (Å²) in [7, 11) is 0. The van der Waals surface area contributed by atoms with Crippen LogP contribution in [-0.4, -0.2) is 98.3 Å². The third-order valence-electron chi connectivity index (χ3n) is 4.90. The van der Waals surface area contributed by atoms with Crippen molar-refractivity contribution in [3.63, 3.8) is 0 Å². The monoisotopic (exact) mass is 460 g/mol. The molecule has 4 unspecified atom stereocenters. The van der Waals surface area contributed by atoms with E-state index in [1.807, 2.05) is 0 Å². The van der Waals surface area contributed by atoms with Crippen LogP contribution < -0.4 is 16.4 Å². The third-order valence-corrected chi connectivity index (χ3v) is 4.90. The van der Waals surface area contributed by atoms with E-state index in [4.69, 9.17) is 21.1 Å². The van der Waals surface area contributed by atoms with Gasteiger partial charge in [-0.2, -0.15) is 0 Å². The van der Waals surface area contributed by atoms with Crippen molar-refractivity contribution in [2.24, 2.45) is 5.73 Å². The molecule has 0 radical (unpaired) electrons. The van der Waals surface area contributed by atoms with E-state index in [0.29, 0.717) is 6.42 Å². The molecule has 1 saturated heterocycles. The smallest absolute Gasteiger partial charge is 0.326 e. The van der Waals surface area contributed by atoms with E-state index in [1.54, 1.807) is 0 Å². The van der Waals surface area contributed by atoms with Gasteiger partial charge in [-0.15, -0.1) is 0 Å². The van der Waals surface area contributed by atoms with Gasteiger partial charge in [-0.1, -0.05) is 0 Å². The Kier molecular flexibility index (Phi) is 10.5. The fraction of sp³-hybridized carbons (Fsp3) is 0.667. The Labute approximate surface area is 182 Å². The molecule has 0 spiro atoms. The van der Waals surface area contributed by atoms with Gasteiger partial charge in [0, 0.05) is 19.4 Å². The number of hydrogen-bond acceptors (Lipinski definition) is 8. The van der Waals surface area contributed by atoms with Crippen LogP contribution in [-0.2, 0) is 28.8 Å². The van der Waals surface area contributed by atoms with Crippen LogP contribution in [0.3, 0.4) is 0 Å². The molecule has 32 heavy (non-hydrogen) atoms. The maximum absolute atomic E-state index is 12.6. The molecular weight excluding hydrogens is 432 g/mol. The first-order valence-corrected chi connectivity index (χ1v) is 9.92. The molecule has 1 aliphatic rings. The Morgan fingerprint density at radius 1 is 0.938 bits per heavy atom. The summed E-state index contributed by atoms with van der Waals surface area (Å²) in [5.41, 5.74) is 5.73. The number of likely N-dealkylation sites (tertiary alicyclic amines) is 1. The molecule has 1 rings (SSSR count). The zero-order chi connectivity index (χ0) is 24.4. The van der Waals surface area contributed by atoms with Crippen LogP contribution in [0.5, 0.6) is 0 Å². The highest BCUT2D eigenvalue weighted by Gasteiger charge is 2.37. The van der Waals surface area contributed by atoms with Crippen LogP contribution in [0.4, 0.5) is 0 Å². The van der Waals surface area contributed by atoms with Crippen LogP contribution in [0, 0.1) is 0 Å². The Morgan fingerprint density at radius 2 is 1.53 bits per heavy atom. The van der Waals surface area contributed by atoms with Crippen LogP contribution >= 0.6 is 0 Å². The van der Waals surface area contributed by atoms with Gasteiger partial charge in [-0.25, -0.2) is 4.79 Å². The number of nitrogens with two attached hydrogens (primary N) is 1. The molecule has 14 heteroatoms. The van der Waals surface area contributed by atoms with Crippen molar-refractivity contribution < 1.29 is 49.2 Å². The average Bonchev–Trinajstić information content (AvgIpc) is 3.21. The van der Waals surface area contributed by atoms with Crippen LogP contribution in [0.15, 0.2) is 0 Å². The van der Waals surface area contributed by atoms with E-state index >= 15 is 0 Å². The van der Waals surface area contributed by atoms with Crippen LogP contribution in [0.1, 0.15) is 38.5 Å². The molecule has 1 aliphatic heterocycles. The van der Waals surface area contributed by atoms with Gasteiger partial charge in [-0.3, -0.25) is 24.0 Å². The molecule has 0 aromatic heterocycles. The highest BCUT2D eigenvalue weighted by molar-refractivity contribution is 5.94. The number of amides is 3. The predicted molar refractivity (Wildman–Crippen MR) is 105 cm³/mol. The van der Waals surface area contributed by atoms with Gasteiger partial charge in [-0.05, 0) is 25.7 Å². The standard InChI is InChI=1S/C18H28N4O10/c19-9(3-5-13(24)25)17(30)22-7-1-2-12(22)16(29)21-11(8-23)15(28)20-10(18(31)32)4-6-14(26)27/h9-12,23H,1-8,19H2,(H,20,28)(H,21,29)(H,24,25)(H,26,27)(H,31,32). The summed E-state index contributed by atoms with van der Waals surface area (Å²) in [6, 6.07) is -5.20. The molecule has 4 atom stereocenters. The van der Waals surface area contributed by atoms with Crippen molar-refractivity contribution in [1.82, 2.24) is 15.5 Å². The normalized spacial score (nSPS) is 18.3. The fourth-order valence-electron chi connectivity index (χ4n) is 3.18. The molecule has 0 aromatic rings. The number of aliphatic carboxylic acids is 3. The zero-order valence-electron chi connectivity index (χ0n) is 17.2. The first kappa shape index (κ1) is 26.8. The van der Waals surface area contributed by atoms with E-state index in [1.165, 1.54) is 4.90 Å². The van der Waals surface area contributed by atoms with E-state index < -0.39 is 79.2 Å². The molecule has 180 valence electrons. The van der Waals surface area contributed by atoms with Crippen LogP contribution in [0.25, 0.3) is 0 Å². The summed E-state index contributed by atoms with van der Waals surface area (Å²) in [6.07, 6.45) is -0.651. The van der Waals surface area contributed by atoms with Crippen molar-refractivity contribution in [1.29, 1.82) is 0 Å². The lowest BCUT2D eigenvalue weighted by molar-refractivity contribution is -0.144. The van der Waals surface area contributed by atoms with Crippen molar-refractivity contribution in [2.75, 3.05) is 13.2 Å². The highest BCUT2D eigenvalue weighted by Crippen LogP contribution is 2.19. The van der Waals surface area contributed by atoms with Gasteiger partial charge >= 0.3 is 17.9 Å². The largest absolute Gasteiger partial charge is 0.481 e. The summed E-state index contributed by atoms with van der Waals surface area (Å²) in [6.45, 7) is -0.675. The fourth-order valence-corrected chi connectivity index (χ4v) is 3.18. The molecule has 0 aromatic carbocycles. The predicted octanol–water partition coefficient (Wildman–Crippen LogP) is -2.92. The number of aliphatic hydroxyl groups is 1. The van der Waals surface area contributed by atoms with Gasteiger partial charge in [0.15, 0.2) is 0 Å². The van der Waals surface area contributed by atoms with Crippen LogP contribution in [0.2, 0.25) is 0 Å². The van der Waals surface area contributed by atoms with Gasteiger partial charge in [0.05, 0.1) is 12.6 Å². The van der Waals surface area contributed by atoms with E-state index in [0.717, 1.165) is 0 Å². The lowest BCUT2D eigenvalue weighted by atomic mass is 10.1. The lowest BCUT2D eigenvalue weighted by Gasteiger charge is -2.28. The number of nitrogens with zero attached hydrogens (tertiary/aromatic N) is 1. The van der Waals surface area contributed by atoms with E-state index in [2.05, 4.69) is 10.6 Å². The van der Waals surface area contributed by atoms with Gasteiger partial charge < -0.3 is 41.7 Å². The van der Waals surface area contributed by atoms with Crippen molar-refractivity contribution in [2.45, 2.75) is 62.7 Å². The Hall–Kier alpha value is -3.26. The number of carbonyl (C=O) groups excluding carboxylic acids is 3. The maximum Gasteiger partial charge on any atom is 0.326 e. The number of carboxylic acid groups (broad SMARTS) is 3. The molecule has 8 N–H and O–H groups in total. The first-order valence-electron chi connectivity index (χ1n) is 9.92. The number of hydrogen-bond donors (Lipinski definition) is 7. The lowest BCUT2D eigenvalue weighted by Crippen LogP contribution is -2.57. The van der Waals surface area contributed by atoms with Gasteiger partial charge in [0.25, 0.3) is 0 Å². The van der Waals surface area contributed by atoms with Crippen molar-refractivity contribution in [3.8, 4) is 0 Å². The molecule has 0 aliphatic carbocycles. The van der Waals surface area contributed by atoms with E-state index in [9.17, 15) is 33.9 Å². The summed E-state index contributed by atoms with van der Waals surface area (Å²) in [5, 5.41) is 40.3. The minimum absolute atomic E-state index is 0.117. The minimum atomic E-state index is -1.54. The molecule has 0 saturated carbocycles. The Bertz CT molecular complexity index is 743. The van der Waals surface area contributed by atoms with Crippen molar-refractivity contribution in [3.05, 3.63) is 0 Å². The second-order valence-corrected chi connectivity index (χ2v) is 7.30. The number of nitrogens with one attached hydrogen (secondary N) is 2. The van der Waals surface area contributed by atoms with Gasteiger partial charge in [0.2, 0.25) is 17.7 Å². The zero-order valence-corrected chi connectivity index (χ0v) is 17.2. The average molecular weight is 460 g/mol. The topological polar surface area (TPSA) is 237 Å². The summed E-state index contributed by atoms with van der Waals surface area (Å²) in [5.74, 6) is -6.28. The molecule has 0 bridgehead atoms. The number of aliphatic hydroxyl groups excluding tert-OH is 1. The third kappa shape index (κ3) is 8.11. The molecule has 1 heterocycles. The molecule has 1 fully saturated rings. The molecule has 14 nitrogen and oxygen atoms in total. The second kappa shape index (κ2) is 12.6.